The molecule has 0 fully saturated rings. The quantitative estimate of drug-likeness (QED) is 0.534. The standard InChI is InChI=1S/C15H8Cl2F6/c16-11-7-3-1-5-9(11)13(14(18,19)20,15(21,22)23)10-6-2-4-8-12(10)17/h1-8H. The Morgan fingerprint density at radius 3 is 1.13 bits per heavy atom. The van der Waals surface area contributed by atoms with Gasteiger partial charge in [-0.1, -0.05) is 59.6 Å². The fourth-order valence-corrected chi connectivity index (χ4v) is 3.00. The zero-order valence-electron chi connectivity index (χ0n) is 11.1. The van der Waals surface area contributed by atoms with E-state index in [9.17, 15) is 26.3 Å². The molecular weight excluding hydrogens is 365 g/mol. The predicted molar refractivity (Wildman–Crippen MR) is 75.8 cm³/mol. The zero-order valence-corrected chi connectivity index (χ0v) is 12.7. The van der Waals surface area contributed by atoms with Crippen LogP contribution in [0.3, 0.4) is 0 Å². The number of alkyl halides is 6. The van der Waals surface area contributed by atoms with E-state index in [2.05, 4.69) is 0 Å². The summed E-state index contributed by atoms with van der Waals surface area (Å²) in [5.41, 5.74) is -6.55. The van der Waals surface area contributed by atoms with Gasteiger partial charge in [0.2, 0.25) is 5.41 Å². The van der Waals surface area contributed by atoms with Crippen LogP contribution in [-0.2, 0) is 5.41 Å². The molecule has 0 saturated carbocycles. The van der Waals surface area contributed by atoms with Crippen molar-refractivity contribution in [3.63, 3.8) is 0 Å². The molecule has 2 rings (SSSR count). The highest BCUT2D eigenvalue weighted by Gasteiger charge is 2.73. The third-order valence-electron chi connectivity index (χ3n) is 3.41. The highest BCUT2D eigenvalue weighted by molar-refractivity contribution is 6.32. The van der Waals surface area contributed by atoms with E-state index in [-0.39, 0.29) is 0 Å². The molecule has 0 saturated heterocycles. The second-order valence-corrected chi connectivity index (χ2v) is 5.52. The lowest BCUT2D eigenvalue weighted by molar-refractivity contribution is -0.288. The van der Waals surface area contributed by atoms with Crippen molar-refractivity contribution in [1.82, 2.24) is 0 Å². The van der Waals surface area contributed by atoms with Gasteiger partial charge in [-0.25, -0.2) is 0 Å². The van der Waals surface area contributed by atoms with Gasteiger partial charge in [0, 0.05) is 10.0 Å². The first-order valence-electron chi connectivity index (χ1n) is 6.17. The first-order valence-corrected chi connectivity index (χ1v) is 6.92. The van der Waals surface area contributed by atoms with Gasteiger partial charge in [0.1, 0.15) is 0 Å². The first kappa shape index (κ1) is 17.9. The summed E-state index contributed by atoms with van der Waals surface area (Å²) in [5, 5.41) is -1.30. The summed E-state index contributed by atoms with van der Waals surface area (Å²) in [6.07, 6.45) is -11.4. The van der Waals surface area contributed by atoms with Gasteiger partial charge in [0.25, 0.3) is 0 Å². The van der Waals surface area contributed by atoms with Crippen LogP contribution in [0.25, 0.3) is 0 Å². The number of rotatable bonds is 2. The molecule has 0 bridgehead atoms. The van der Waals surface area contributed by atoms with Gasteiger partial charge in [-0.05, 0) is 23.3 Å². The molecule has 23 heavy (non-hydrogen) atoms. The third-order valence-corrected chi connectivity index (χ3v) is 4.07. The van der Waals surface area contributed by atoms with E-state index in [1.54, 1.807) is 0 Å². The molecule has 0 heterocycles. The molecule has 0 aliphatic rings. The second-order valence-electron chi connectivity index (χ2n) is 4.71. The Kier molecular flexibility index (Phi) is 4.61. The second kappa shape index (κ2) is 5.91. The summed E-state index contributed by atoms with van der Waals surface area (Å²) >= 11 is 11.4. The van der Waals surface area contributed by atoms with E-state index in [1.807, 2.05) is 0 Å². The van der Waals surface area contributed by atoms with E-state index >= 15 is 0 Å². The summed E-state index contributed by atoms with van der Waals surface area (Å²) in [4.78, 5) is 0. The molecule has 124 valence electrons. The Labute approximate surface area is 137 Å². The Hall–Kier alpha value is -1.40. The third kappa shape index (κ3) is 2.78. The van der Waals surface area contributed by atoms with Crippen LogP contribution in [0.15, 0.2) is 48.5 Å². The smallest absolute Gasteiger partial charge is 0.169 e. The lowest BCUT2D eigenvalue weighted by atomic mass is 9.73. The van der Waals surface area contributed by atoms with Gasteiger partial charge in [-0.15, -0.1) is 0 Å². The molecule has 0 radical (unpaired) electrons. The highest BCUT2D eigenvalue weighted by atomic mass is 35.5. The molecular formula is C15H8Cl2F6. The van der Waals surface area contributed by atoms with E-state index in [1.165, 1.54) is 12.1 Å². The van der Waals surface area contributed by atoms with Crippen molar-refractivity contribution in [3.05, 3.63) is 69.7 Å². The van der Waals surface area contributed by atoms with Gasteiger partial charge in [0.05, 0.1) is 0 Å². The number of hydrogen-bond acceptors (Lipinski definition) is 0. The monoisotopic (exact) mass is 372 g/mol. The molecule has 0 nitrogen and oxygen atoms in total. The van der Waals surface area contributed by atoms with E-state index in [4.69, 9.17) is 23.2 Å². The molecule has 0 aliphatic heterocycles. The summed E-state index contributed by atoms with van der Waals surface area (Å²) in [6, 6.07) is 7.96. The average Bonchev–Trinajstić information content (AvgIpc) is 2.40. The SMILES string of the molecule is FC(F)(F)C(c1ccccc1Cl)(c1ccccc1Cl)C(F)(F)F. The van der Waals surface area contributed by atoms with Crippen LogP contribution in [-0.4, -0.2) is 12.4 Å². The van der Waals surface area contributed by atoms with Crippen LogP contribution in [0.5, 0.6) is 0 Å². The van der Waals surface area contributed by atoms with Crippen molar-refractivity contribution in [2.75, 3.05) is 0 Å². The average molecular weight is 373 g/mol. The lowest BCUT2D eigenvalue weighted by Crippen LogP contribution is -2.55. The molecule has 0 spiro atoms. The van der Waals surface area contributed by atoms with Crippen LogP contribution in [0.4, 0.5) is 26.3 Å². The van der Waals surface area contributed by atoms with Crippen LogP contribution in [0, 0.1) is 0 Å². The minimum Gasteiger partial charge on any atom is -0.169 e. The molecule has 0 aliphatic carbocycles. The maximum Gasteiger partial charge on any atom is 0.411 e. The van der Waals surface area contributed by atoms with Crippen molar-refractivity contribution >= 4 is 23.2 Å². The van der Waals surface area contributed by atoms with Crippen molar-refractivity contribution in [2.45, 2.75) is 17.8 Å². The molecule has 0 atom stereocenters. The topological polar surface area (TPSA) is 0 Å². The Morgan fingerprint density at radius 1 is 0.565 bits per heavy atom. The number of halogens is 8. The number of benzene rings is 2. The maximum atomic E-state index is 13.8. The van der Waals surface area contributed by atoms with Gasteiger partial charge in [-0.2, -0.15) is 26.3 Å². The molecule has 0 aromatic heterocycles. The van der Waals surface area contributed by atoms with Crippen LogP contribution < -0.4 is 0 Å². The fourth-order valence-electron chi connectivity index (χ4n) is 2.45. The van der Waals surface area contributed by atoms with E-state index in [0.29, 0.717) is 12.1 Å². The summed E-state index contributed by atoms with van der Waals surface area (Å²) in [5.74, 6) is 0. The van der Waals surface area contributed by atoms with E-state index < -0.39 is 38.9 Å². The minimum atomic E-state index is -5.71. The molecule has 2 aromatic rings. The maximum absolute atomic E-state index is 13.8. The van der Waals surface area contributed by atoms with Crippen molar-refractivity contribution in [2.24, 2.45) is 0 Å². The molecule has 0 unspecified atom stereocenters. The van der Waals surface area contributed by atoms with Crippen LogP contribution in [0.2, 0.25) is 10.0 Å². The fraction of sp³-hybridized carbons (Fsp3) is 0.200. The van der Waals surface area contributed by atoms with Crippen LogP contribution in [0.1, 0.15) is 11.1 Å². The van der Waals surface area contributed by atoms with Crippen LogP contribution >= 0.6 is 23.2 Å². The summed E-state index contributed by atoms with van der Waals surface area (Å²) < 4.78 is 82.6. The van der Waals surface area contributed by atoms with E-state index in [0.717, 1.165) is 24.3 Å². The normalized spacial score (nSPS) is 13.2. The zero-order chi connectivity index (χ0) is 17.5. The van der Waals surface area contributed by atoms with Crippen molar-refractivity contribution in [1.29, 1.82) is 0 Å². The molecule has 0 N–H and O–H groups in total. The summed E-state index contributed by atoms with van der Waals surface area (Å²) in [6.45, 7) is 0. The van der Waals surface area contributed by atoms with Gasteiger partial charge in [-0.3, -0.25) is 0 Å². The van der Waals surface area contributed by atoms with Crippen molar-refractivity contribution in [3.8, 4) is 0 Å². The first-order chi connectivity index (χ1) is 10.5. The Balaban J connectivity index is 3.01. The van der Waals surface area contributed by atoms with Gasteiger partial charge in [0.15, 0.2) is 0 Å². The molecule has 8 heteroatoms. The molecule has 0 amide bonds. The Morgan fingerprint density at radius 2 is 0.870 bits per heavy atom. The highest BCUT2D eigenvalue weighted by Crippen LogP contribution is 2.58. The Bertz CT molecular complexity index is 644. The predicted octanol–water partition coefficient (Wildman–Crippen LogP) is 6.40. The number of hydrogen-bond donors (Lipinski definition) is 0. The molecule has 2 aromatic carbocycles. The largest absolute Gasteiger partial charge is 0.411 e. The minimum absolute atomic E-state index is 0.651. The van der Waals surface area contributed by atoms with Crippen molar-refractivity contribution < 1.29 is 26.3 Å². The lowest BCUT2D eigenvalue weighted by Gasteiger charge is -2.39. The van der Waals surface area contributed by atoms with Gasteiger partial charge < -0.3 is 0 Å². The summed E-state index contributed by atoms with van der Waals surface area (Å²) in [7, 11) is 0. The van der Waals surface area contributed by atoms with Gasteiger partial charge >= 0.3 is 12.4 Å².